The van der Waals surface area contributed by atoms with Crippen molar-refractivity contribution in [2.75, 3.05) is 0 Å². The molecule has 0 radical (unpaired) electrons. The van der Waals surface area contributed by atoms with Gasteiger partial charge in [0.05, 0.1) is 0 Å². The molecule has 12 heavy (non-hydrogen) atoms. The predicted molar refractivity (Wildman–Crippen MR) is 33.8 cm³/mol. The number of rotatable bonds is 0. The zero-order valence-corrected chi connectivity index (χ0v) is 6.01. The highest BCUT2D eigenvalue weighted by atomic mass is 19.1. The van der Waals surface area contributed by atoms with E-state index in [0.29, 0.717) is 0 Å². The van der Waals surface area contributed by atoms with Crippen LogP contribution in [0.4, 0.5) is 8.78 Å². The van der Waals surface area contributed by atoms with Gasteiger partial charge in [0.15, 0.2) is 12.3 Å². The lowest BCUT2D eigenvalue weighted by Crippen LogP contribution is -2.60. The summed E-state index contributed by atoms with van der Waals surface area (Å²) in [5.41, 5.74) is 0. The highest BCUT2D eigenvalue weighted by Crippen LogP contribution is 2.25. The second kappa shape index (κ2) is 3.21. The van der Waals surface area contributed by atoms with Crippen molar-refractivity contribution in [1.82, 2.24) is 0 Å². The molecule has 2 unspecified atom stereocenters. The van der Waals surface area contributed by atoms with Crippen LogP contribution in [0.25, 0.3) is 0 Å². The highest BCUT2D eigenvalue weighted by molar-refractivity contribution is 4.98. The van der Waals surface area contributed by atoms with E-state index in [1.807, 2.05) is 0 Å². The van der Waals surface area contributed by atoms with Gasteiger partial charge in [0, 0.05) is 0 Å². The van der Waals surface area contributed by atoms with Crippen LogP contribution in [0.3, 0.4) is 0 Å². The predicted octanol–water partition coefficient (Wildman–Crippen LogP) is -1.88. The first kappa shape index (κ1) is 9.79. The SMILES string of the molecule is O[C@@H]1C(F)[C@H](O)[C@@H](O)C(F)[C@@H]1O. The van der Waals surface area contributed by atoms with E-state index in [1.165, 1.54) is 0 Å². The molecule has 0 aromatic heterocycles. The Labute approximate surface area is 67.1 Å². The Morgan fingerprint density at radius 1 is 0.583 bits per heavy atom. The molecule has 4 N–H and O–H groups in total. The molecule has 0 aliphatic heterocycles. The van der Waals surface area contributed by atoms with Crippen molar-refractivity contribution in [3.8, 4) is 0 Å². The maximum absolute atomic E-state index is 12.7. The van der Waals surface area contributed by atoms with Gasteiger partial charge in [0.2, 0.25) is 0 Å². The van der Waals surface area contributed by atoms with Crippen LogP contribution in [0, 0.1) is 0 Å². The maximum Gasteiger partial charge on any atom is 0.157 e. The quantitative estimate of drug-likeness (QED) is 0.355. The molecule has 0 spiro atoms. The summed E-state index contributed by atoms with van der Waals surface area (Å²) in [6.07, 6.45) is -12.4. The Morgan fingerprint density at radius 2 is 0.750 bits per heavy atom. The van der Waals surface area contributed by atoms with Crippen LogP contribution in [0.1, 0.15) is 0 Å². The Bertz CT molecular complexity index is 109. The fourth-order valence-corrected chi connectivity index (χ4v) is 1.16. The van der Waals surface area contributed by atoms with Crippen LogP contribution < -0.4 is 0 Å². The molecular weight excluding hydrogens is 174 g/mol. The number of hydrogen-bond acceptors (Lipinski definition) is 4. The second-order valence-corrected chi connectivity index (χ2v) is 2.85. The van der Waals surface area contributed by atoms with Crippen molar-refractivity contribution in [3.05, 3.63) is 0 Å². The number of aliphatic hydroxyl groups excluding tert-OH is 4. The van der Waals surface area contributed by atoms with Gasteiger partial charge in [-0.25, -0.2) is 8.78 Å². The molecule has 1 saturated carbocycles. The van der Waals surface area contributed by atoms with Crippen LogP contribution >= 0.6 is 0 Å². The first-order valence-electron chi connectivity index (χ1n) is 3.47. The average Bonchev–Trinajstić information content (AvgIpc) is 2.08. The van der Waals surface area contributed by atoms with E-state index in [4.69, 9.17) is 20.4 Å². The molecule has 1 aliphatic carbocycles. The molecule has 72 valence electrons. The minimum Gasteiger partial charge on any atom is -0.387 e. The molecule has 0 bridgehead atoms. The highest BCUT2D eigenvalue weighted by Gasteiger charge is 2.49. The topological polar surface area (TPSA) is 80.9 Å². The van der Waals surface area contributed by atoms with Crippen LogP contribution in [0.5, 0.6) is 0 Å². The third-order valence-electron chi connectivity index (χ3n) is 2.00. The Hall–Kier alpha value is -0.300. The van der Waals surface area contributed by atoms with E-state index in [-0.39, 0.29) is 0 Å². The summed E-state index contributed by atoms with van der Waals surface area (Å²) in [6.45, 7) is 0. The first-order chi connectivity index (χ1) is 5.46. The van der Waals surface area contributed by atoms with Gasteiger partial charge in [-0.2, -0.15) is 0 Å². The second-order valence-electron chi connectivity index (χ2n) is 2.85. The summed E-state index contributed by atoms with van der Waals surface area (Å²) in [7, 11) is 0. The number of alkyl halides is 2. The monoisotopic (exact) mass is 184 g/mol. The number of hydrogen-bond donors (Lipinski definition) is 4. The van der Waals surface area contributed by atoms with Crippen molar-refractivity contribution in [2.45, 2.75) is 36.8 Å². The van der Waals surface area contributed by atoms with E-state index in [9.17, 15) is 8.78 Å². The lowest BCUT2D eigenvalue weighted by atomic mass is 9.87. The molecule has 0 amide bonds. The number of aliphatic hydroxyl groups is 4. The standard InChI is InChI=1S/C6H10F2O4/c7-1-3(9)5(11)2(8)6(12)4(1)10/h1-6,9-12H/t1?,2?,3-,4-,5-,6+/m0/s1. The van der Waals surface area contributed by atoms with E-state index in [1.54, 1.807) is 0 Å². The minimum atomic E-state index is -2.22. The summed E-state index contributed by atoms with van der Waals surface area (Å²) in [4.78, 5) is 0. The zero-order chi connectivity index (χ0) is 9.46. The molecule has 0 aromatic carbocycles. The number of halogens is 2. The van der Waals surface area contributed by atoms with Gasteiger partial charge < -0.3 is 20.4 Å². The van der Waals surface area contributed by atoms with Gasteiger partial charge >= 0.3 is 0 Å². The molecule has 0 aromatic rings. The molecule has 4 nitrogen and oxygen atoms in total. The summed E-state index contributed by atoms with van der Waals surface area (Å²) in [5, 5.41) is 35.1. The van der Waals surface area contributed by atoms with Gasteiger partial charge in [-0.3, -0.25) is 0 Å². The molecule has 0 heterocycles. The first-order valence-corrected chi connectivity index (χ1v) is 3.47. The van der Waals surface area contributed by atoms with Gasteiger partial charge in [-0.1, -0.05) is 0 Å². The van der Waals surface area contributed by atoms with Gasteiger partial charge in [-0.05, 0) is 0 Å². The summed E-state index contributed by atoms with van der Waals surface area (Å²) in [6, 6.07) is 0. The average molecular weight is 184 g/mol. The molecule has 0 saturated heterocycles. The van der Waals surface area contributed by atoms with E-state index < -0.39 is 36.8 Å². The Balaban J connectivity index is 2.76. The smallest absolute Gasteiger partial charge is 0.157 e. The molecular formula is C6H10F2O4. The van der Waals surface area contributed by atoms with Gasteiger partial charge in [0.1, 0.15) is 24.4 Å². The van der Waals surface area contributed by atoms with Crippen LogP contribution in [0.2, 0.25) is 0 Å². The molecule has 6 atom stereocenters. The fraction of sp³-hybridized carbons (Fsp3) is 1.00. The summed E-state index contributed by atoms with van der Waals surface area (Å²) < 4.78 is 25.3. The lowest BCUT2D eigenvalue weighted by molar-refractivity contribution is -0.187. The minimum absolute atomic E-state index is 1.99. The van der Waals surface area contributed by atoms with Crippen molar-refractivity contribution in [2.24, 2.45) is 0 Å². The zero-order valence-electron chi connectivity index (χ0n) is 6.01. The van der Waals surface area contributed by atoms with Crippen LogP contribution in [0.15, 0.2) is 0 Å². The summed E-state index contributed by atoms with van der Waals surface area (Å²) >= 11 is 0. The summed E-state index contributed by atoms with van der Waals surface area (Å²) in [5.74, 6) is 0. The van der Waals surface area contributed by atoms with Crippen molar-refractivity contribution in [1.29, 1.82) is 0 Å². The van der Waals surface area contributed by atoms with Gasteiger partial charge in [-0.15, -0.1) is 0 Å². The largest absolute Gasteiger partial charge is 0.387 e. The normalized spacial score (nSPS) is 55.5. The molecule has 1 rings (SSSR count). The van der Waals surface area contributed by atoms with Crippen LogP contribution in [-0.2, 0) is 0 Å². The van der Waals surface area contributed by atoms with Crippen molar-refractivity contribution < 1.29 is 29.2 Å². The van der Waals surface area contributed by atoms with Crippen LogP contribution in [-0.4, -0.2) is 57.2 Å². The lowest BCUT2D eigenvalue weighted by Gasteiger charge is -2.36. The van der Waals surface area contributed by atoms with Gasteiger partial charge in [0.25, 0.3) is 0 Å². The van der Waals surface area contributed by atoms with Crippen molar-refractivity contribution in [3.63, 3.8) is 0 Å². The molecule has 1 aliphatic rings. The van der Waals surface area contributed by atoms with E-state index in [2.05, 4.69) is 0 Å². The van der Waals surface area contributed by atoms with Crippen molar-refractivity contribution >= 4 is 0 Å². The third kappa shape index (κ3) is 1.31. The van der Waals surface area contributed by atoms with E-state index in [0.717, 1.165) is 0 Å². The third-order valence-corrected chi connectivity index (χ3v) is 2.00. The maximum atomic E-state index is 12.7. The Kier molecular flexibility index (Phi) is 2.62. The molecule has 6 heteroatoms. The Morgan fingerprint density at radius 3 is 0.917 bits per heavy atom. The molecule has 1 fully saturated rings. The fourth-order valence-electron chi connectivity index (χ4n) is 1.16. The van der Waals surface area contributed by atoms with E-state index >= 15 is 0 Å².